The molecule has 1 rings (SSSR count). The summed E-state index contributed by atoms with van der Waals surface area (Å²) in [5.41, 5.74) is 0.285. The van der Waals surface area contributed by atoms with E-state index in [9.17, 15) is 5.11 Å². The van der Waals surface area contributed by atoms with Gasteiger partial charge in [0.15, 0.2) is 0 Å². The molecule has 0 aromatic rings. The van der Waals surface area contributed by atoms with Crippen LogP contribution in [0.5, 0.6) is 0 Å². The Balaban J connectivity index is 2.62. The van der Waals surface area contributed by atoms with Crippen LogP contribution < -0.4 is 0 Å². The Labute approximate surface area is 93.7 Å². The van der Waals surface area contributed by atoms with E-state index < -0.39 is 0 Å². The predicted molar refractivity (Wildman–Crippen MR) is 62.3 cm³/mol. The summed E-state index contributed by atoms with van der Waals surface area (Å²) in [6.07, 6.45) is 7.62. The zero-order valence-electron chi connectivity index (χ0n) is 10.1. The Kier molecular flexibility index (Phi) is 5.07. The van der Waals surface area contributed by atoms with E-state index in [-0.39, 0.29) is 12.0 Å². The molecule has 0 aromatic heterocycles. The highest BCUT2D eigenvalue weighted by molar-refractivity contribution is 4.95. The molecule has 1 fully saturated rings. The van der Waals surface area contributed by atoms with E-state index in [0.717, 1.165) is 25.7 Å². The number of aliphatic hydroxyl groups excluding tert-OH is 2. The first-order valence-electron chi connectivity index (χ1n) is 6.18. The zero-order chi connectivity index (χ0) is 11.3. The van der Waals surface area contributed by atoms with Gasteiger partial charge in [0, 0.05) is 13.2 Å². The lowest BCUT2D eigenvalue weighted by molar-refractivity contribution is 0.0623. The first-order chi connectivity index (χ1) is 7.14. The first-order valence-corrected chi connectivity index (χ1v) is 6.18. The van der Waals surface area contributed by atoms with Gasteiger partial charge in [-0.05, 0) is 55.8 Å². The lowest BCUT2D eigenvalue weighted by atomic mass is 9.62. The fraction of sp³-hybridized carbons (Fsp3) is 0.923. The van der Waals surface area contributed by atoms with Gasteiger partial charge < -0.3 is 10.2 Å². The van der Waals surface area contributed by atoms with Crippen LogP contribution in [-0.2, 0) is 0 Å². The summed E-state index contributed by atoms with van der Waals surface area (Å²) in [6, 6.07) is 0. The van der Waals surface area contributed by atoms with Gasteiger partial charge in [0.05, 0.1) is 0 Å². The second-order valence-electron chi connectivity index (χ2n) is 5.30. The minimum atomic E-state index is 0.285. The van der Waals surface area contributed by atoms with Crippen LogP contribution in [0.1, 0.15) is 46.0 Å². The molecule has 2 atom stereocenters. The SMILES string of the molecule is CC(C)[C@]1(CCO)C[CH]C[C@@H](CCO)C1. The maximum Gasteiger partial charge on any atom is 0.0436 e. The quantitative estimate of drug-likeness (QED) is 0.736. The summed E-state index contributed by atoms with van der Waals surface area (Å²) >= 11 is 0. The molecule has 0 aromatic carbocycles. The molecule has 15 heavy (non-hydrogen) atoms. The van der Waals surface area contributed by atoms with Crippen molar-refractivity contribution in [1.82, 2.24) is 0 Å². The van der Waals surface area contributed by atoms with Gasteiger partial charge in [-0.15, -0.1) is 0 Å². The Morgan fingerprint density at radius 3 is 2.60 bits per heavy atom. The molecule has 0 amide bonds. The van der Waals surface area contributed by atoms with E-state index in [1.807, 2.05) is 0 Å². The van der Waals surface area contributed by atoms with Crippen LogP contribution in [0.15, 0.2) is 0 Å². The van der Waals surface area contributed by atoms with Crippen molar-refractivity contribution in [2.24, 2.45) is 17.3 Å². The van der Waals surface area contributed by atoms with Crippen LogP contribution in [0.4, 0.5) is 0 Å². The third-order valence-electron chi connectivity index (χ3n) is 4.12. The van der Waals surface area contributed by atoms with E-state index in [0.29, 0.717) is 18.4 Å². The largest absolute Gasteiger partial charge is 0.396 e. The van der Waals surface area contributed by atoms with Gasteiger partial charge in [-0.2, -0.15) is 0 Å². The Bertz CT molecular complexity index is 173. The smallest absolute Gasteiger partial charge is 0.0436 e. The van der Waals surface area contributed by atoms with Crippen molar-refractivity contribution in [3.63, 3.8) is 0 Å². The lowest BCUT2D eigenvalue weighted by Gasteiger charge is -2.44. The number of rotatable bonds is 5. The fourth-order valence-electron chi connectivity index (χ4n) is 2.94. The van der Waals surface area contributed by atoms with Crippen molar-refractivity contribution in [3.05, 3.63) is 6.42 Å². The fourth-order valence-corrected chi connectivity index (χ4v) is 2.94. The minimum absolute atomic E-state index is 0.285. The van der Waals surface area contributed by atoms with Crippen LogP contribution in [0.25, 0.3) is 0 Å². The Morgan fingerprint density at radius 1 is 1.33 bits per heavy atom. The van der Waals surface area contributed by atoms with Crippen molar-refractivity contribution < 1.29 is 10.2 Å². The van der Waals surface area contributed by atoms with Gasteiger partial charge in [0.1, 0.15) is 0 Å². The number of hydrogen-bond acceptors (Lipinski definition) is 2. The third kappa shape index (κ3) is 3.18. The highest BCUT2D eigenvalue weighted by Crippen LogP contribution is 2.47. The van der Waals surface area contributed by atoms with E-state index in [1.54, 1.807) is 0 Å². The Morgan fingerprint density at radius 2 is 2.07 bits per heavy atom. The molecule has 0 spiro atoms. The standard InChI is InChI=1S/C13H25O2/c1-11(2)13(7-9-15)6-3-4-12(10-13)5-8-14/h3,11-12,14-15H,4-10H2,1-2H3/t12-,13-/m0/s1. The molecule has 0 unspecified atom stereocenters. The normalized spacial score (nSPS) is 32.2. The monoisotopic (exact) mass is 213 g/mol. The van der Waals surface area contributed by atoms with E-state index in [1.165, 1.54) is 6.42 Å². The molecule has 2 heteroatoms. The molecule has 89 valence electrons. The zero-order valence-corrected chi connectivity index (χ0v) is 10.1. The summed E-state index contributed by atoms with van der Waals surface area (Å²) in [6.45, 7) is 5.10. The topological polar surface area (TPSA) is 40.5 Å². The van der Waals surface area contributed by atoms with Gasteiger partial charge in [-0.25, -0.2) is 0 Å². The number of hydrogen-bond donors (Lipinski definition) is 2. The van der Waals surface area contributed by atoms with Crippen molar-refractivity contribution >= 4 is 0 Å². The van der Waals surface area contributed by atoms with Crippen molar-refractivity contribution in [2.75, 3.05) is 13.2 Å². The van der Waals surface area contributed by atoms with Crippen LogP contribution in [0.2, 0.25) is 0 Å². The van der Waals surface area contributed by atoms with Gasteiger partial charge in [0.2, 0.25) is 0 Å². The molecule has 2 nitrogen and oxygen atoms in total. The van der Waals surface area contributed by atoms with Crippen LogP contribution >= 0.6 is 0 Å². The summed E-state index contributed by atoms with van der Waals surface area (Å²) in [5.74, 6) is 1.24. The van der Waals surface area contributed by atoms with Gasteiger partial charge in [-0.3, -0.25) is 0 Å². The van der Waals surface area contributed by atoms with Crippen molar-refractivity contribution in [2.45, 2.75) is 46.0 Å². The van der Waals surface area contributed by atoms with Gasteiger partial charge in [-0.1, -0.05) is 13.8 Å². The summed E-state index contributed by atoms with van der Waals surface area (Å²) in [7, 11) is 0. The van der Waals surface area contributed by atoms with Crippen LogP contribution in [0, 0.1) is 23.7 Å². The van der Waals surface area contributed by atoms with E-state index >= 15 is 0 Å². The minimum Gasteiger partial charge on any atom is -0.396 e. The molecule has 0 heterocycles. The molecule has 1 aliphatic rings. The molecule has 1 radical (unpaired) electrons. The predicted octanol–water partition coefficient (Wildman–Crippen LogP) is 2.40. The van der Waals surface area contributed by atoms with Crippen molar-refractivity contribution in [3.8, 4) is 0 Å². The summed E-state index contributed by atoms with van der Waals surface area (Å²) < 4.78 is 0. The van der Waals surface area contributed by atoms with Gasteiger partial charge in [0.25, 0.3) is 0 Å². The van der Waals surface area contributed by atoms with Gasteiger partial charge >= 0.3 is 0 Å². The molecule has 2 N–H and O–H groups in total. The second-order valence-corrected chi connectivity index (χ2v) is 5.30. The molecule has 1 saturated carbocycles. The molecule has 0 saturated heterocycles. The average Bonchev–Trinajstić information content (AvgIpc) is 2.19. The molecule has 0 aliphatic heterocycles. The Hall–Kier alpha value is -0.0800. The highest BCUT2D eigenvalue weighted by Gasteiger charge is 2.38. The summed E-state index contributed by atoms with van der Waals surface area (Å²) in [4.78, 5) is 0. The maximum atomic E-state index is 9.19. The molecular formula is C13H25O2. The molecule has 1 aliphatic carbocycles. The molecule has 0 bridgehead atoms. The van der Waals surface area contributed by atoms with E-state index in [2.05, 4.69) is 20.3 Å². The third-order valence-corrected chi connectivity index (χ3v) is 4.12. The number of aliphatic hydroxyl groups is 2. The lowest BCUT2D eigenvalue weighted by Crippen LogP contribution is -2.35. The van der Waals surface area contributed by atoms with Crippen molar-refractivity contribution in [1.29, 1.82) is 0 Å². The van der Waals surface area contributed by atoms with Crippen LogP contribution in [-0.4, -0.2) is 23.4 Å². The summed E-state index contributed by atoms with van der Waals surface area (Å²) in [5, 5.41) is 18.2. The molecular weight excluding hydrogens is 188 g/mol. The first kappa shape index (κ1) is 13.0. The average molecular weight is 213 g/mol. The maximum absolute atomic E-state index is 9.19. The van der Waals surface area contributed by atoms with Crippen LogP contribution in [0.3, 0.4) is 0 Å². The van der Waals surface area contributed by atoms with E-state index in [4.69, 9.17) is 5.11 Å². The second kappa shape index (κ2) is 5.86. The highest BCUT2D eigenvalue weighted by atomic mass is 16.3.